The van der Waals surface area contributed by atoms with Crippen LogP contribution in [0.4, 0.5) is 11.5 Å². The molecule has 0 saturated carbocycles. The fraction of sp³-hybridized carbons (Fsp3) is 0.381. The van der Waals surface area contributed by atoms with E-state index in [-0.39, 0.29) is 5.91 Å². The number of para-hydroxylation sites is 2. The summed E-state index contributed by atoms with van der Waals surface area (Å²) in [5, 5.41) is 14.2. The standard InChI is InChI=1S/C21H26N4O2/c1-2-27-19-11-7-6-10-17(19)23-20-13-12-18(24-25-20)21(26)22-15-14-16-8-4-3-5-9-16/h6-8,10-13H,2-5,9,14-15H2,1H3,(H,22,26)(H,23,25). The van der Waals surface area contributed by atoms with E-state index in [1.807, 2.05) is 31.2 Å². The van der Waals surface area contributed by atoms with Gasteiger partial charge < -0.3 is 15.4 Å². The van der Waals surface area contributed by atoms with Crippen molar-refractivity contribution >= 4 is 17.4 Å². The van der Waals surface area contributed by atoms with Crippen molar-refractivity contribution < 1.29 is 9.53 Å². The molecule has 0 saturated heterocycles. The van der Waals surface area contributed by atoms with Crippen LogP contribution in [0.2, 0.25) is 0 Å². The number of ether oxygens (including phenoxy) is 1. The Hall–Kier alpha value is -2.89. The van der Waals surface area contributed by atoms with E-state index < -0.39 is 0 Å². The summed E-state index contributed by atoms with van der Waals surface area (Å²) in [4.78, 5) is 12.2. The number of nitrogens with zero attached hydrogens (tertiary/aromatic N) is 2. The summed E-state index contributed by atoms with van der Waals surface area (Å²) in [5.41, 5.74) is 2.57. The van der Waals surface area contributed by atoms with E-state index in [2.05, 4.69) is 26.9 Å². The van der Waals surface area contributed by atoms with Crippen LogP contribution in [0.25, 0.3) is 0 Å². The lowest BCUT2D eigenvalue weighted by atomic mass is 9.97. The van der Waals surface area contributed by atoms with Crippen LogP contribution in [-0.2, 0) is 0 Å². The Morgan fingerprint density at radius 3 is 2.78 bits per heavy atom. The molecule has 0 radical (unpaired) electrons. The minimum atomic E-state index is -0.194. The zero-order valence-corrected chi connectivity index (χ0v) is 15.7. The second-order valence-corrected chi connectivity index (χ2v) is 6.47. The molecule has 1 aromatic carbocycles. The molecule has 6 nitrogen and oxygen atoms in total. The molecule has 6 heteroatoms. The Morgan fingerprint density at radius 1 is 1.15 bits per heavy atom. The molecule has 142 valence electrons. The van der Waals surface area contributed by atoms with E-state index in [0.29, 0.717) is 24.7 Å². The quantitative estimate of drug-likeness (QED) is 0.684. The maximum atomic E-state index is 12.2. The smallest absolute Gasteiger partial charge is 0.271 e. The first-order valence-electron chi connectivity index (χ1n) is 9.55. The third-order valence-corrected chi connectivity index (χ3v) is 4.46. The zero-order valence-electron chi connectivity index (χ0n) is 15.7. The molecular weight excluding hydrogens is 340 g/mol. The van der Waals surface area contributed by atoms with Crippen molar-refractivity contribution in [2.24, 2.45) is 0 Å². The van der Waals surface area contributed by atoms with Crippen LogP contribution < -0.4 is 15.4 Å². The van der Waals surface area contributed by atoms with Gasteiger partial charge in [0.15, 0.2) is 11.5 Å². The fourth-order valence-corrected chi connectivity index (χ4v) is 3.07. The Balaban J connectivity index is 1.53. The average molecular weight is 366 g/mol. The van der Waals surface area contributed by atoms with E-state index >= 15 is 0 Å². The summed E-state index contributed by atoms with van der Waals surface area (Å²) in [5.74, 6) is 1.12. The van der Waals surface area contributed by atoms with Gasteiger partial charge in [-0.3, -0.25) is 4.79 Å². The summed E-state index contributed by atoms with van der Waals surface area (Å²) in [6.07, 6.45) is 8.06. The molecule has 0 bridgehead atoms. The monoisotopic (exact) mass is 366 g/mol. The lowest BCUT2D eigenvalue weighted by Crippen LogP contribution is -2.26. The van der Waals surface area contributed by atoms with Gasteiger partial charge in [-0.1, -0.05) is 23.8 Å². The number of benzene rings is 1. The third kappa shape index (κ3) is 5.54. The topological polar surface area (TPSA) is 76.1 Å². The van der Waals surface area contributed by atoms with E-state index in [4.69, 9.17) is 4.74 Å². The van der Waals surface area contributed by atoms with Crippen LogP contribution in [-0.4, -0.2) is 29.3 Å². The van der Waals surface area contributed by atoms with Gasteiger partial charge >= 0.3 is 0 Å². The van der Waals surface area contributed by atoms with Gasteiger partial charge in [-0.2, -0.15) is 0 Å². The lowest BCUT2D eigenvalue weighted by Gasteiger charge is -2.13. The number of carbonyl (C=O) groups excluding carboxylic acids is 1. The van der Waals surface area contributed by atoms with Crippen molar-refractivity contribution in [1.29, 1.82) is 0 Å². The Bertz CT molecular complexity index is 787. The van der Waals surface area contributed by atoms with E-state index in [1.54, 1.807) is 12.1 Å². The second-order valence-electron chi connectivity index (χ2n) is 6.47. The minimum Gasteiger partial charge on any atom is -0.492 e. The minimum absolute atomic E-state index is 0.194. The highest BCUT2D eigenvalue weighted by atomic mass is 16.5. The maximum Gasteiger partial charge on any atom is 0.271 e. The summed E-state index contributed by atoms with van der Waals surface area (Å²) in [6.45, 7) is 3.16. The molecule has 1 aromatic heterocycles. The van der Waals surface area contributed by atoms with Crippen LogP contribution in [0.5, 0.6) is 5.75 Å². The molecule has 0 aliphatic heterocycles. The molecule has 1 aliphatic carbocycles. The molecule has 0 fully saturated rings. The van der Waals surface area contributed by atoms with Crippen molar-refractivity contribution in [2.45, 2.75) is 39.0 Å². The second kappa shape index (κ2) is 9.71. The van der Waals surface area contributed by atoms with Crippen molar-refractivity contribution in [3.8, 4) is 5.75 Å². The molecule has 3 rings (SSSR count). The molecule has 27 heavy (non-hydrogen) atoms. The maximum absolute atomic E-state index is 12.2. The van der Waals surface area contributed by atoms with E-state index in [1.165, 1.54) is 18.4 Å². The van der Waals surface area contributed by atoms with Crippen LogP contribution in [0.1, 0.15) is 49.5 Å². The molecular formula is C21H26N4O2. The number of hydrogen-bond acceptors (Lipinski definition) is 5. The first-order chi connectivity index (χ1) is 13.3. The fourth-order valence-electron chi connectivity index (χ4n) is 3.07. The Labute approximate surface area is 160 Å². The molecule has 0 spiro atoms. The summed E-state index contributed by atoms with van der Waals surface area (Å²) in [7, 11) is 0. The highest BCUT2D eigenvalue weighted by Gasteiger charge is 2.10. The summed E-state index contributed by atoms with van der Waals surface area (Å²) < 4.78 is 5.59. The van der Waals surface area contributed by atoms with Gasteiger partial charge in [0.05, 0.1) is 12.3 Å². The highest BCUT2D eigenvalue weighted by Crippen LogP contribution is 2.26. The number of anilines is 2. The summed E-state index contributed by atoms with van der Waals surface area (Å²) in [6, 6.07) is 11.1. The molecule has 1 heterocycles. The van der Waals surface area contributed by atoms with Crippen LogP contribution in [0.3, 0.4) is 0 Å². The number of amides is 1. The zero-order chi connectivity index (χ0) is 18.9. The normalized spacial score (nSPS) is 13.6. The van der Waals surface area contributed by atoms with Gasteiger partial charge in [-0.15, -0.1) is 10.2 Å². The Kier molecular flexibility index (Phi) is 6.79. The highest BCUT2D eigenvalue weighted by molar-refractivity contribution is 5.92. The van der Waals surface area contributed by atoms with Crippen LogP contribution >= 0.6 is 0 Å². The van der Waals surface area contributed by atoms with Gasteiger partial charge in [-0.05, 0) is 63.3 Å². The van der Waals surface area contributed by atoms with Gasteiger partial charge in [0.25, 0.3) is 5.91 Å². The number of allylic oxidation sites excluding steroid dienone is 1. The predicted molar refractivity (Wildman–Crippen MR) is 106 cm³/mol. The van der Waals surface area contributed by atoms with Gasteiger partial charge in [0.2, 0.25) is 0 Å². The number of hydrogen-bond donors (Lipinski definition) is 2. The average Bonchev–Trinajstić information content (AvgIpc) is 2.71. The SMILES string of the molecule is CCOc1ccccc1Nc1ccc(C(=O)NCCC2=CCCCC2)nn1. The number of rotatable bonds is 8. The number of aromatic nitrogens is 2. The predicted octanol–water partition coefficient (Wildman–Crippen LogP) is 4.24. The molecule has 2 aromatic rings. The van der Waals surface area contributed by atoms with Crippen LogP contribution in [0, 0.1) is 0 Å². The molecule has 1 amide bonds. The van der Waals surface area contributed by atoms with Gasteiger partial charge in [0, 0.05) is 6.54 Å². The van der Waals surface area contributed by atoms with Gasteiger partial charge in [0.1, 0.15) is 5.75 Å². The first-order valence-corrected chi connectivity index (χ1v) is 9.55. The summed E-state index contributed by atoms with van der Waals surface area (Å²) >= 11 is 0. The van der Waals surface area contributed by atoms with Crippen LogP contribution in [0.15, 0.2) is 48.0 Å². The van der Waals surface area contributed by atoms with E-state index in [9.17, 15) is 4.79 Å². The third-order valence-electron chi connectivity index (χ3n) is 4.46. The number of carbonyl (C=O) groups is 1. The van der Waals surface area contributed by atoms with E-state index in [0.717, 1.165) is 30.7 Å². The van der Waals surface area contributed by atoms with Crippen molar-refractivity contribution in [1.82, 2.24) is 15.5 Å². The van der Waals surface area contributed by atoms with Crippen molar-refractivity contribution in [3.05, 3.63) is 53.7 Å². The van der Waals surface area contributed by atoms with Crippen molar-refractivity contribution in [2.75, 3.05) is 18.5 Å². The largest absolute Gasteiger partial charge is 0.492 e. The van der Waals surface area contributed by atoms with Gasteiger partial charge in [-0.25, -0.2) is 0 Å². The molecule has 0 unspecified atom stereocenters. The number of nitrogens with one attached hydrogen (secondary N) is 2. The Morgan fingerprint density at radius 2 is 2.04 bits per heavy atom. The first kappa shape index (κ1) is 18.9. The molecule has 1 aliphatic rings. The van der Waals surface area contributed by atoms with Crippen molar-refractivity contribution in [3.63, 3.8) is 0 Å². The molecule has 0 atom stereocenters. The lowest BCUT2D eigenvalue weighted by molar-refractivity contribution is 0.0948. The molecule has 2 N–H and O–H groups in total.